The van der Waals surface area contributed by atoms with Crippen LogP contribution in [0.4, 0.5) is 0 Å². The van der Waals surface area contributed by atoms with E-state index in [4.69, 9.17) is 19.9 Å². The highest BCUT2D eigenvalue weighted by Gasteiger charge is 2.12. The Kier molecular flexibility index (Phi) is 7.18. The molecule has 1 atom stereocenters. The molecule has 0 saturated heterocycles. The van der Waals surface area contributed by atoms with E-state index in [0.717, 1.165) is 11.3 Å². The number of rotatable bonds is 9. The van der Waals surface area contributed by atoms with Gasteiger partial charge in [-0.1, -0.05) is 0 Å². The Morgan fingerprint density at radius 2 is 1.96 bits per heavy atom. The molecule has 1 aromatic heterocycles. The number of hydrogen-bond donors (Lipinski definition) is 2. The summed E-state index contributed by atoms with van der Waals surface area (Å²) in [4.78, 5) is 16.0. The van der Waals surface area contributed by atoms with Gasteiger partial charge in [-0.3, -0.25) is 4.79 Å². The number of nitrogens with zero attached hydrogens (tertiary/aromatic N) is 1. The van der Waals surface area contributed by atoms with E-state index in [1.807, 2.05) is 31.2 Å². The lowest BCUT2D eigenvalue weighted by molar-refractivity contribution is -0.123. The lowest BCUT2D eigenvalue weighted by Gasteiger charge is -2.12. The van der Waals surface area contributed by atoms with E-state index in [-0.39, 0.29) is 12.5 Å². The van der Waals surface area contributed by atoms with Crippen molar-refractivity contribution >= 4 is 5.91 Å². The zero-order chi connectivity index (χ0) is 18.1. The minimum atomic E-state index is -0.689. The lowest BCUT2D eigenvalue weighted by atomic mass is 10.2. The van der Waals surface area contributed by atoms with Gasteiger partial charge in [0.1, 0.15) is 17.5 Å². The fourth-order valence-corrected chi connectivity index (χ4v) is 2.08. The largest absolute Gasteiger partial charge is 0.494 e. The molecule has 7 heteroatoms. The number of hydrogen-bond acceptors (Lipinski definition) is 6. The number of aromatic nitrogens is 1. The first-order valence-electron chi connectivity index (χ1n) is 8.00. The predicted octanol–water partition coefficient (Wildman–Crippen LogP) is 1.86. The summed E-state index contributed by atoms with van der Waals surface area (Å²) in [6.07, 6.45) is 1.63. The molecule has 1 amide bonds. The van der Waals surface area contributed by atoms with Gasteiger partial charge in [0.2, 0.25) is 11.8 Å². The van der Waals surface area contributed by atoms with Crippen molar-refractivity contribution in [2.24, 2.45) is 5.73 Å². The SMILES string of the molecule is CCOc1ccc(Oc2cc(CNC(=O)C(N)COC)ccn2)cc1. The molecule has 134 valence electrons. The Hall–Kier alpha value is -2.64. The van der Waals surface area contributed by atoms with Gasteiger partial charge in [0, 0.05) is 25.9 Å². The second-order valence-electron chi connectivity index (χ2n) is 5.29. The topological polar surface area (TPSA) is 95.7 Å². The minimum Gasteiger partial charge on any atom is -0.494 e. The molecule has 0 spiro atoms. The summed E-state index contributed by atoms with van der Waals surface area (Å²) in [5.74, 6) is 1.61. The van der Waals surface area contributed by atoms with Crippen LogP contribution >= 0.6 is 0 Å². The standard InChI is InChI=1S/C18H23N3O4/c1-3-24-14-4-6-15(7-5-14)25-17-10-13(8-9-20-17)11-21-18(22)16(19)12-23-2/h4-10,16H,3,11-12,19H2,1-2H3,(H,21,22). The number of benzene rings is 1. The number of ether oxygens (including phenoxy) is 3. The number of pyridine rings is 1. The average molecular weight is 345 g/mol. The van der Waals surface area contributed by atoms with E-state index in [2.05, 4.69) is 10.3 Å². The van der Waals surface area contributed by atoms with Crippen molar-refractivity contribution in [1.29, 1.82) is 0 Å². The van der Waals surface area contributed by atoms with Gasteiger partial charge in [-0.25, -0.2) is 4.98 Å². The van der Waals surface area contributed by atoms with Crippen molar-refractivity contribution < 1.29 is 19.0 Å². The molecule has 7 nitrogen and oxygen atoms in total. The summed E-state index contributed by atoms with van der Waals surface area (Å²) < 4.78 is 16.0. The fourth-order valence-electron chi connectivity index (χ4n) is 2.08. The molecule has 0 bridgehead atoms. The molecule has 1 heterocycles. The molecule has 0 saturated carbocycles. The smallest absolute Gasteiger partial charge is 0.239 e. The number of methoxy groups -OCH3 is 1. The van der Waals surface area contributed by atoms with Crippen LogP contribution in [0.25, 0.3) is 0 Å². The number of amides is 1. The highest BCUT2D eigenvalue weighted by atomic mass is 16.5. The van der Waals surface area contributed by atoms with Gasteiger partial charge in [-0.05, 0) is 42.8 Å². The quantitative estimate of drug-likeness (QED) is 0.720. The minimum absolute atomic E-state index is 0.175. The van der Waals surface area contributed by atoms with Crippen molar-refractivity contribution in [3.8, 4) is 17.4 Å². The Morgan fingerprint density at radius 1 is 1.24 bits per heavy atom. The fraction of sp³-hybridized carbons (Fsp3) is 0.333. The van der Waals surface area contributed by atoms with Crippen LogP contribution in [0.5, 0.6) is 17.4 Å². The molecule has 2 aromatic rings. The van der Waals surface area contributed by atoms with Crippen LogP contribution in [0.15, 0.2) is 42.6 Å². The number of nitrogens with two attached hydrogens (primary N) is 1. The monoisotopic (exact) mass is 345 g/mol. The second kappa shape index (κ2) is 9.61. The van der Waals surface area contributed by atoms with Crippen LogP contribution in [0, 0.1) is 0 Å². The van der Waals surface area contributed by atoms with E-state index in [1.165, 1.54) is 7.11 Å². The first-order chi connectivity index (χ1) is 12.1. The summed E-state index contributed by atoms with van der Waals surface area (Å²) in [5.41, 5.74) is 6.53. The van der Waals surface area contributed by atoms with Crippen LogP contribution in [-0.4, -0.2) is 37.3 Å². The molecule has 25 heavy (non-hydrogen) atoms. The van der Waals surface area contributed by atoms with Gasteiger partial charge in [0.15, 0.2) is 0 Å². The first kappa shape index (κ1) is 18.7. The molecule has 0 aliphatic heterocycles. The van der Waals surface area contributed by atoms with Crippen molar-refractivity contribution in [2.45, 2.75) is 19.5 Å². The number of nitrogens with one attached hydrogen (secondary N) is 1. The molecule has 0 fully saturated rings. The Labute approximate surface area is 147 Å². The number of carbonyl (C=O) groups is 1. The Balaban J connectivity index is 1.93. The van der Waals surface area contributed by atoms with E-state index < -0.39 is 6.04 Å². The highest BCUT2D eigenvalue weighted by molar-refractivity contribution is 5.81. The van der Waals surface area contributed by atoms with Crippen LogP contribution in [0.2, 0.25) is 0 Å². The maximum atomic E-state index is 11.8. The normalized spacial score (nSPS) is 11.6. The first-order valence-corrected chi connectivity index (χ1v) is 8.00. The second-order valence-corrected chi connectivity index (χ2v) is 5.29. The average Bonchev–Trinajstić information content (AvgIpc) is 2.62. The lowest BCUT2D eigenvalue weighted by Crippen LogP contribution is -2.43. The third-order valence-electron chi connectivity index (χ3n) is 3.31. The maximum Gasteiger partial charge on any atom is 0.239 e. The van der Waals surface area contributed by atoms with Gasteiger partial charge in [0.25, 0.3) is 0 Å². The van der Waals surface area contributed by atoms with E-state index in [0.29, 0.717) is 24.8 Å². The van der Waals surface area contributed by atoms with Crippen molar-refractivity contribution in [3.05, 3.63) is 48.2 Å². The summed E-state index contributed by atoms with van der Waals surface area (Å²) >= 11 is 0. The van der Waals surface area contributed by atoms with Crippen LogP contribution in [0.1, 0.15) is 12.5 Å². The van der Waals surface area contributed by atoms with Gasteiger partial charge in [-0.2, -0.15) is 0 Å². The Morgan fingerprint density at radius 3 is 2.64 bits per heavy atom. The molecule has 1 unspecified atom stereocenters. The maximum absolute atomic E-state index is 11.8. The summed E-state index contributed by atoms with van der Waals surface area (Å²) in [6, 6.07) is 10.2. The zero-order valence-corrected chi connectivity index (χ0v) is 14.4. The highest BCUT2D eigenvalue weighted by Crippen LogP contribution is 2.23. The Bertz CT molecular complexity index is 676. The predicted molar refractivity (Wildman–Crippen MR) is 93.6 cm³/mol. The molecule has 0 radical (unpaired) electrons. The van der Waals surface area contributed by atoms with Gasteiger partial charge in [0.05, 0.1) is 13.2 Å². The van der Waals surface area contributed by atoms with Crippen molar-refractivity contribution in [1.82, 2.24) is 10.3 Å². The molecule has 0 aliphatic carbocycles. The molecule has 1 aromatic carbocycles. The van der Waals surface area contributed by atoms with E-state index >= 15 is 0 Å². The third-order valence-corrected chi connectivity index (χ3v) is 3.31. The van der Waals surface area contributed by atoms with Crippen LogP contribution in [-0.2, 0) is 16.1 Å². The molecule has 3 N–H and O–H groups in total. The van der Waals surface area contributed by atoms with Crippen LogP contribution < -0.4 is 20.5 Å². The van der Waals surface area contributed by atoms with E-state index in [9.17, 15) is 4.79 Å². The summed E-state index contributed by atoms with van der Waals surface area (Å²) in [5, 5.41) is 2.75. The third kappa shape index (κ3) is 6.06. The molecular weight excluding hydrogens is 322 g/mol. The van der Waals surface area contributed by atoms with Gasteiger partial charge < -0.3 is 25.3 Å². The van der Waals surface area contributed by atoms with Crippen molar-refractivity contribution in [2.75, 3.05) is 20.3 Å². The number of carbonyl (C=O) groups excluding carboxylic acids is 1. The van der Waals surface area contributed by atoms with E-state index in [1.54, 1.807) is 18.3 Å². The van der Waals surface area contributed by atoms with Crippen LogP contribution in [0.3, 0.4) is 0 Å². The molecule has 0 aliphatic rings. The summed E-state index contributed by atoms with van der Waals surface area (Å²) in [6.45, 7) is 3.05. The van der Waals surface area contributed by atoms with Gasteiger partial charge >= 0.3 is 0 Å². The molecule has 2 rings (SSSR count). The van der Waals surface area contributed by atoms with Crippen molar-refractivity contribution in [3.63, 3.8) is 0 Å². The molecular formula is C18H23N3O4. The summed E-state index contributed by atoms with van der Waals surface area (Å²) in [7, 11) is 1.50. The van der Waals surface area contributed by atoms with Gasteiger partial charge in [-0.15, -0.1) is 0 Å². The zero-order valence-electron chi connectivity index (χ0n) is 14.4.